The Hall–Kier alpha value is -3.67. The standard InChI is InChI=1S/C25H26N2O4/c1-16-23(25(30)31-4)21(26-24(16)17(2)28)14-22(29)27(3)15-19-12-8-9-13-20(19)18-10-6-5-7-11-18/h5-13,26H,14-15H2,1-4H3. The van der Waals surface area contributed by atoms with Crippen molar-refractivity contribution in [3.8, 4) is 11.1 Å². The third-order valence-electron chi connectivity index (χ3n) is 5.33. The van der Waals surface area contributed by atoms with Crippen LogP contribution < -0.4 is 0 Å². The van der Waals surface area contributed by atoms with E-state index in [1.807, 2.05) is 54.6 Å². The lowest BCUT2D eigenvalue weighted by molar-refractivity contribution is -0.129. The van der Waals surface area contributed by atoms with Crippen molar-refractivity contribution in [2.75, 3.05) is 14.2 Å². The molecule has 0 atom stereocenters. The van der Waals surface area contributed by atoms with Crippen molar-refractivity contribution in [2.24, 2.45) is 0 Å². The maximum atomic E-state index is 13.0. The van der Waals surface area contributed by atoms with Crippen molar-refractivity contribution < 1.29 is 19.1 Å². The van der Waals surface area contributed by atoms with Gasteiger partial charge in [-0.3, -0.25) is 9.59 Å². The highest BCUT2D eigenvalue weighted by molar-refractivity contribution is 6.01. The Morgan fingerprint density at radius 1 is 1.00 bits per heavy atom. The molecular weight excluding hydrogens is 392 g/mol. The highest BCUT2D eigenvalue weighted by Crippen LogP contribution is 2.25. The van der Waals surface area contributed by atoms with E-state index in [1.165, 1.54) is 14.0 Å². The number of amides is 1. The number of ketones is 1. The maximum Gasteiger partial charge on any atom is 0.339 e. The van der Waals surface area contributed by atoms with Gasteiger partial charge in [0.15, 0.2) is 5.78 Å². The molecule has 0 spiro atoms. The zero-order valence-corrected chi connectivity index (χ0v) is 18.2. The Bertz CT molecular complexity index is 1120. The number of Topliss-reactive ketones (excluding diaryl/α,β-unsaturated/α-hetero) is 1. The van der Waals surface area contributed by atoms with E-state index >= 15 is 0 Å². The van der Waals surface area contributed by atoms with Gasteiger partial charge in [-0.1, -0.05) is 54.6 Å². The summed E-state index contributed by atoms with van der Waals surface area (Å²) in [6, 6.07) is 18.0. The number of aromatic amines is 1. The third-order valence-corrected chi connectivity index (χ3v) is 5.33. The minimum absolute atomic E-state index is 0.0391. The van der Waals surface area contributed by atoms with Gasteiger partial charge in [-0.15, -0.1) is 0 Å². The number of methoxy groups -OCH3 is 1. The Kier molecular flexibility index (Phi) is 6.70. The molecule has 31 heavy (non-hydrogen) atoms. The molecule has 1 aromatic heterocycles. The molecule has 1 amide bonds. The number of nitrogens with zero attached hydrogens (tertiary/aromatic N) is 1. The fraction of sp³-hybridized carbons (Fsp3) is 0.240. The summed E-state index contributed by atoms with van der Waals surface area (Å²) in [5, 5.41) is 0. The van der Waals surface area contributed by atoms with E-state index in [4.69, 9.17) is 4.74 Å². The van der Waals surface area contributed by atoms with Crippen molar-refractivity contribution in [3.05, 3.63) is 82.7 Å². The van der Waals surface area contributed by atoms with Crippen molar-refractivity contribution in [3.63, 3.8) is 0 Å². The molecular formula is C25H26N2O4. The van der Waals surface area contributed by atoms with Crippen molar-refractivity contribution in [1.29, 1.82) is 0 Å². The van der Waals surface area contributed by atoms with Crippen LogP contribution in [-0.2, 0) is 22.5 Å². The minimum Gasteiger partial charge on any atom is -0.465 e. The second-order valence-corrected chi connectivity index (χ2v) is 7.48. The average molecular weight is 418 g/mol. The lowest BCUT2D eigenvalue weighted by Crippen LogP contribution is -2.28. The zero-order valence-electron chi connectivity index (χ0n) is 18.2. The molecule has 0 saturated carbocycles. The molecule has 1 N–H and O–H groups in total. The predicted octanol–water partition coefficient (Wildman–Crippen LogP) is 4.18. The molecule has 160 valence electrons. The number of aromatic nitrogens is 1. The highest BCUT2D eigenvalue weighted by atomic mass is 16.5. The predicted molar refractivity (Wildman–Crippen MR) is 119 cm³/mol. The molecule has 6 nitrogen and oxygen atoms in total. The van der Waals surface area contributed by atoms with E-state index in [1.54, 1.807) is 18.9 Å². The van der Waals surface area contributed by atoms with Crippen molar-refractivity contribution in [1.82, 2.24) is 9.88 Å². The largest absolute Gasteiger partial charge is 0.465 e. The Balaban J connectivity index is 1.84. The Labute approximate surface area is 181 Å². The van der Waals surface area contributed by atoms with Gasteiger partial charge in [-0.2, -0.15) is 0 Å². The molecule has 0 radical (unpaired) electrons. The van der Waals surface area contributed by atoms with E-state index in [0.717, 1.165) is 16.7 Å². The Morgan fingerprint density at radius 3 is 2.29 bits per heavy atom. The molecule has 0 aliphatic rings. The quantitative estimate of drug-likeness (QED) is 0.461. The van der Waals surface area contributed by atoms with Gasteiger partial charge in [0.05, 0.1) is 24.8 Å². The average Bonchev–Trinajstić information content (AvgIpc) is 3.10. The van der Waals surface area contributed by atoms with Crippen LogP contribution in [0.3, 0.4) is 0 Å². The molecule has 1 heterocycles. The van der Waals surface area contributed by atoms with Gasteiger partial charge >= 0.3 is 5.97 Å². The molecule has 3 rings (SSSR count). The van der Waals surface area contributed by atoms with E-state index in [0.29, 0.717) is 23.5 Å². The van der Waals surface area contributed by atoms with Crippen LogP contribution in [0.4, 0.5) is 0 Å². The molecule has 0 saturated heterocycles. The van der Waals surface area contributed by atoms with Gasteiger partial charge in [-0.05, 0) is 29.2 Å². The molecule has 0 aliphatic carbocycles. The van der Waals surface area contributed by atoms with E-state index in [2.05, 4.69) is 4.98 Å². The number of H-pyrrole nitrogens is 1. The lowest BCUT2D eigenvalue weighted by atomic mass is 9.99. The van der Waals surface area contributed by atoms with Crippen molar-refractivity contribution in [2.45, 2.75) is 26.8 Å². The summed E-state index contributed by atoms with van der Waals surface area (Å²) in [4.78, 5) is 41.7. The second kappa shape index (κ2) is 9.43. The fourth-order valence-corrected chi connectivity index (χ4v) is 3.71. The molecule has 0 bridgehead atoms. The normalized spacial score (nSPS) is 10.6. The number of carbonyl (C=O) groups excluding carboxylic acids is 3. The van der Waals surface area contributed by atoms with Crippen LogP contribution in [0.5, 0.6) is 0 Å². The number of rotatable bonds is 7. The second-order valence-electron chi connectivity index (χ2n) is 7.48. The number of esters is 1. The number of hydrogen-bond donors (Lipinski definition) is 1. The number of ether oxygens (including phenoxy) is 1. The summed E-state index contributed by atoms with van der Waals surface area (Å²) in [7, 11) is 3.00. The van der Waals surface area contributed by atoms with Gasteiger partial charge in [0, 0.05) is 26.2 Å². The number of carbonyl (C=O) groups is 3. The molecule has 3 aromatic rings. The molecule has 0 fully saturated rings. The van der Waals surface area contributed by atoms with Gasteiger partial charge < -0.3 is 14.6 Å². The molecule has 2 aromatic carbocycles. The van der Waals surface area contributed by atoms with Crippen LogP contribution in [0, 0.1) is 6.92 Å². The number of nitrogens with one attached hydrogen (secondary N) is 1. The van der Waals surface area contributed by atoms with Gasteiger partial charge in [0.2, 0.25) is 5.91 Å². The lowest BCUT2D eigenvalue weighted by Gasteiger charge is -2.19. The first-order valence-electron chi connectivity index (χ1n) is 10.0. The highest BCUT2D eigenvalue weighted by Gasteiger charge is 2.25. The summed E-state index contributed by atoms with van der Waals surface area (Å²) in [5.41, 5.74) is 4.62. The van der Waals surface area contributed by atoms with Crippen LogP contribution in [-0.4, -0.2) is 41.7 Å². The summed E-state index contributed by atoms with van der Waals surface area (Å²) in [6.45, 7) is 3.50. The first kappa shape index (κ1) is 22.0. The number of likely N-dealkylation sites (N-methyl/N-ethyl adjacent to an activating group) is 1. The number of benzene rings is 2. The topological polar surface area (TPSA) is 79.5 Å². The molecule has 0 aliphatic heterocycles. The summed E-state index contributed by atoms with van der Waals surface area (Å²) >= 11 is 0. The summed E-state index contributed by atoms with van der Waals surface area (Å²) < 4.78 is 4.86. The SMILES string of the molecule is COC(=O)c1c(CC(=O)N(C)Cc2ccccc2-c2ccccc2)[nH]c(C(C)=O)c1C. The third kappa shape index (κ3) is 4.74. The van der Waals surface area contributed by atoms with E-state index < -0.39 is 5.97 Å². The van der Waals surface area contributed by atoms with Crippen LogP contribution >= 0.6 is 0 Å². The van der Waals surface area contributed by atoms with Crippen LogP contribution in [0.2, 0.25) is 0 Å². The maximum absolute atomic E-state index is 13.0. The van der Waals surface area contributed by atoms with Crippen LogP contribution in [0.25, 0.3) is 11.1 Å². The van der Waals surface area contributed by atoms with E-state index in [9.17, 15) is 14.4 Å². The monoisotopic (exact) mass is 418 g/mol. The Morgan fingerprint density at radius 2 is 1.65 bits per heavy atom. The van der Waals surface area contributed by atoms with Crippen LogP contribution in [0.1, 0.15) is 44.6 Å². The molecule has 6 heteroatoms. The smallest absolute Gasteiger partial charge is 0.339 e. The summed E-state index contributed by atoms with van der Waals surface area (Å²) in [5.74, 6) is -0.947. The van der Waals surface area contributed by atoms with Crippen LogP contribution in [0.15, 0.2) is 54.6 Å². The summed E-state index contributed by atoms with van der Waals surface area (Å²) in [6.07, 6.45) is -0.0391. The zero-order chi connectivity index (χ0) is 22.5. The van der Waals surface area contributed by atoms with E-state index in [-0.39, 0.29) is 23.7 Å². The van der Waals surface area contributed by atoms with Gasteiger partial charge in [0.25, 0.3) is 0 Å². The molecule has 0 unspecified atom stereocenters. The van der Waals surface area contributed by atoms with Gasteiger partial charge in [0.1, 0.15) is 0 Å². The number of hydrogen-bond acceptors (Lipinski definition) is 4. The first-order valence-corrected chi connectivity index (χ1v) is 10.0. The van der Waals surface area contributed by atoms with Gasteiger partial charge in [-0.25, -0.2) is 4.79 Å². The minimum atomic E-state index is -0.568. The fourth-order valence-electron chi connectivity index (χ4n) is 3.71. The van der Waals surface area contributed by atoms with Crippen molar-refractivity contribution >= 4 is 17.7 Å². The first-order chi connectivity index (χ1) is 14.8.